The molecule has 1 aromatic rings. The molecular weight excluding hydrogens is 156 g/mol. The van der Waals surface area contributed by atoms with Gasteiger partial charge in [0, 0.05) is 0 Å². The van der Waals surface area contributed by atoms with Crippen molar-refractivity contribution in [3.05, 3.63) is 42.0 Å². The van der Waals surface area contributed by atoms with Crippen LogP contribution in [0.4, 0.5) is 0 Å². The zero-order valence-electron chi connectivity index (χ0n) is 8.16. The molecule has 0 N–H and O–H groups in total. The first-order chi connectivity index (χ1) is 6.36. The molecule has 13 heavy (non-hydrogen) atoms. The molecule has 1 aromatic carbocycles. The van der Waals surface area contributed by atoms with E-state index in [1.165, 1.54) is 30.4 Å². The lowest BCUT2D eigenvalue weighted by molar-refractivity contribution is 0.863. The highest BCUT2D eigenvalue weighted by molar-refractivity contribution is 5.63. The molecule has 0 atom stereocenters. The van der Waals surface area contributed by atoms with E-state index in [-0.39, 0.29) is 0 Å². The van der Waals surface area contributed by atoms with Gasteiger partial charge >= 0.3 is 0 Å². The second-order valence-corrected chi connectivity index (χ2v) is 3.93. The standard InChI is InChI=1S/C13H16/c1-11(7-8-12-9-10-12)13-5-3-2-4-6-13/h2-7,12H,8-10H2,1H3/b11-7-. The van der Waals surface area contributed by atoms with Crippen molar-refractivity contribution in [2.24, 2.45) is 5.92 Å². The summed E-state index contributed by atoms with van der Waals surface area (Å²) in [6, 6.07) is 10.6. The van der Waals surface area contributed by atoms with E-state index in [9.17, 15) is 0 Å². The van der Waals surface area contributed by atoms with Crippen molar-refractivity contribution >= 4 is 5.57 Å². The smallest absolute Gasteiger partial charge is 0.0231 e. The minimum absolute atomic E-state index is 0.999. The summed E-state index contributed by atoms with van der Waals surface area (Å²) in [6.07, 6.45) is 6.55. The molecular formula is C13H16. The normalized spacial score (nSPS) is 17.5. The maximum Gasteiger partial charge on any atom is -0.0231 e. The summed E-state index contributed by atoms with van der Waals surface area (Å²) in [7, 11) is 0. The third-order valence-electron chi connectivity index (χ3n) is 2.68. The molecule has 1 aliphatic rings. The van der Waals surface area contributed by atoms with Crippen LogP contribution in [0.15, 0.2) is 36.4 Å². The molecule has 0 heterocycles. The fraction of sp³-hybridized carbons (Fsp3) is 0.385. The van der Waals surface area contributed by atoms with Crippen LogP contribution in [-0.4, -0.2) is 0 Å². The lowest BCUT2D eigenvalue weighted by Crippen LogP contribution is -1.79. The topological polar surface area (TPSA) is 0 Å². The number of hydrogen-bond acceptors (Lipinski definition) is 0. The van der Waals surface area contributed by atoms with Crippen LogP contribution in [0.3, 0.4) is 0 Å². The maximum absolute atomic E-state index is 2.38. The summed E-state index contributed by atoms with van der Waals surface area (Å²) < 4.78 is 0. The minimum atomic E-state index is 0.999. The van der Waals surface area contributed by atoms with Crippen LogP contribution in [0.1, 0.15) is 31.7 Å². The van der Waals surface area contributed by atoms with Crippen LogP contribution in [0.5, 0.6) is 0 Å². The second kappa shape index (κ2) is 3.78. The van der Waals surface area contributed by atoms with Gasteiger partial charge in [0.1, 0.15) is 0 Å². The van der Waals surface area contributed by atoms with Gasteiger partial charge in [0.05, 0.1) is 0 Å². The van der Waals surface area contributed by atoms with Gasteiger partial charge in [-0.05, 0) is 43.2 Å². The predicted octanol–water partition coefficient (Wildman–Crippen LogP) is 3.89. The molecule has 0 saturated heterocycles. The summed E-state index contributed by atoms with van der Waals surface area (Å²) >= 11 is 0. The van der Waals surface area contributed by atoms with Crippen LogP contribution < -0.4 is 0 Å². The molecule has 0 heteroatoms. The Hall–Kier alpha value is -1.04. The van der Waals surface area contributed by atoms with Crippen LogP contribution in [0.2, 0.25) is 0 Å². The highest BCUT2D eigenvalue weighted by Crippen LogP contribution is 2.33. The summed E-state index contributed by atoms with van der Waals surface area (Å²) in [4.78, 5) is 0. The third-order valence-corrected chi connectivity index (χ3v) is 2.68. The number of allylic oxidation sites excluding steroid dienone is 2. The van der Waals surface area contributed by atoms with Crippen molar-refractivity contribution in [3.63, 3.8) is 0 Å². The van der Waals surface area contributed by atoms with E-state index in [0.717, 1.165) is 5.92 Å². The van der Waals surface area contributed by atoms with E-state index >= 15 is 0 Å². The molecule has 0 radical (unpaired) electrons. The first-order valence-corrected chi connectivity index (χ1v) is 5.08. The molecule has 0 spiro atoms. The van der Waals surface area contributed by atoms with Crippen molar-refractivity contribution in [1.29, 1.82) is 0 Å². The quantitative estimate of drug-likeness (QED) is 0.649. The molecule has 0 nitrogen and oxygen atoms in total. The van der Waals surface area contributed by atoms with Crippen LogP contribution >= 0.6 is 0 Å². The van der Waals surface area contributed by atoms with Gasteiger partial charge in [-0.15, -0.1) is 0 Å². The summed E-state index contributed by atoms with van der Waals surface area (Å²) in [5, 5.41) is 0. The van der Waals surface area contributed by atoms with Gasteiger partial charge in [-0.25, -0.2) is 0 Å². The Labute approximate surface area is 80.3 Å². The lowest BCUT2D eigenvalue weighted by atomic mass is 10.1. The Bertz CT molecular complexity index is 291. The second-order valence-electron chi connectivity index (χ2n) is 3.93. The molecule has 2 rings (SSSR count). The van der Waals surface area contributed by atoms with Gasteiger partial charge in [-0.3, -0.25) is 0 Å². The Balaban J connectivity index is 2.02. The van der Waals surface area contributed by atoms with Crippen molar-refractivity contribution in [3.8, 4) is 0 Å². The molecule has 1 fully saturated rings. The van der Waals surface area contributed by atoms with Gasteiger partial charge in [0.15, 0.2) is 0 Å². The zero-order chi connectivity index (χ0) is 9.10. The third kappa shape index (κ3) is 2.45. The largest absolute Gasteiger partial charge is 0.0807 e. The SMILES string of the molecule is C/C(=C/CC1CC1)c1ccccc1. The highest BCUT2D eigenvalue weighted by Gasteiger charge is 2.19. The summed E-state index contributed by atoms with van der Waals surface area (Å²) in [5.41, 5.74) is 2.79. The molecule has 1 saturated carbocycles. The Morgan fingerprint density at radius 2 is 2.00 bits per heavy atom. The molecule has 0 amide bonds. The number of benzene rings is 1. The predicted molar refractivity (Wildman–Crippen MR) is 57.4 cm³/mol. The van der Waals surface area contributed by atoms with Gasteiger partial charge < -0.3 is 0 Å². The Morgan fingerprint density at radius 3 is 2.62 bits per heavy atom. The van der Waals surface area contributed by atoms with Crippen LogP contribution in [-0.2, 0) is 0 Å². The van der Waals surface area contributed by atoms with Crippen molar-refractivity contribution < 1.29 is 0 Å². The fourth-order valence-corrected chi connectivity index (χ4v) is 1.52. The van der Waals surface area contributed by atoms with E-state index in [1.807, 2.05) is 0 Å². The fourth-order valence-electron chi connectivity index (χ4n) is 1.52. The van der Waals surface area contributed by atoms with Gasteiger partial charge in [-0.2, -0.15) is 0 Å². The Kier molecular flexibility index (Phi) is 2.49. The van der Waals surface area contributed by atoms with Crippen molar-refractivity contribution in [2.45, 2.75) is 26.2 Å². The molecule has 68 valence electrons. The average molecular weight is 172 g/mol. The van der Waals surface area contributed by atoms with Crippen molar-refractivity contribution in [2.75, 3.05) is 0 Å². The first kappa shape index (κ1) is 8.55. The van der Waals surface area contributed by atoms with Crippen LogP contribution in [0, 0.1) is 5.92 Å². The molecule has 0 aromatic heterocycles. The molecule has 1 aliphatic carbocycles. The summed E-state index contributed by atoms with van der Waals surface area (Å²) in [6.45, 7) is 2.21. The molecule has 0 aliphatic heterocycles. The molecule has 0 unspecified atom stereocenters. The van der Waals surface area contributed by atoms with E-state index in [2.05, 4.69) is 43.3 Å². The number of hydrogen-bond donors (Lipinski definition) is 0. The maximum atomic E-state index is 2.38. The molecule has 0 bridgehead atoms. The van der Waals surface area contributed by atoms with E-state index in [1.54, 1.807) is 0 Å². The van der Waals surface area contributed by atoms with Crippen LogP contribution in [0.25, 0.3) is 5.57 Å². The van der Waals surface area contributed by atoms with E-state index in [0.29, 0.717) is 0 Å². The van der Waals surface area contributed by atoms with Gasteiger partial charge in [-0.1, -0.05) is 36.4 Å². The van der Waals surface area contributed by atoms with E-state index in [4.69, 9.17) is 0 Å². The summed E-state index contributed by atoms with van der Waals surface area (Å²) in [5.74, 6) is 0.999. The monoisotopic (exact) mass is 172 g/mol. The number of rotatable bonds is 3. The minimum Gasteiger partial charge on any atom is -0.0807 e. The zero-order valence-corrected chi connectivity index (χ0v) is 8.16. The first-order valence-electron chi connectivity index (χ1n) is 5.08. The van der Waals surface area contributed by atoms with E-state index < -0.39 is 0 Å². The van der Waals surface area contributed by atoms with Gasteiger partial charge in [0.25, 0.3) is 0 Å². The lowest BCUT2D eigenvalue weighted by Gasteiger charge is -2.00. The highest BCUT2D eigenvalue weighted by atomic mass is 14.2. The average Bonchev–Trinajstić information content (AvgIpc) is 2.99. The van der Waals surface area contributed by atoms with Crippen molar-refractivity contribution in [1.82, 2.24) is 0 Å². The Morgan fingerprint density at radius 1 is 1.31 bits per heavy atom. The van der Waals surface area contributed by atoms with Gasteiger partial charge in [0.2, 0.25) is 0 Å².